The van der Waals surface area contributed by atoms with Crippen LogP contribution in [0.4, 0.5) is 0 Å². The van der Waals surface area contributed by atoms with Gasteiger partial charge < -0.3 is 5.32 Å². The highest BCUT2D eigenvalue weighted by Crippen LogP contribution is 2.39. The highest BCUT2D eigenvalue weighted by molar-refractivity contribution is 4.87. The molecular weight excluding hydrogens is 170 g/mol. The zero-order valence-electron chi connectivity index (χ0n) is 9.76. The predicted octanol–water partition coefficient (Wildman–Crippen LogP) is 3.20. The third-order valence-electron chi connectivity index (χ3n) is 4.59. The Morgan fingerprint density at radius 1 is 1.21 bits per heavy atom. The molecule has 0 aromatic heterocycles. The van der Waals surface area contributed by atoms with Crippen molar-refractivity contribution in [1.29, 1.82) is 0 Å². The molecule has 1 saturated carbocycles. The molecule has 4 unspecified atom stereocenters. The van der Waals surface area contributed by atoms with Crippen molar-refractivity contribution in [2.45, 2.75) is 58.4 Å². The molecule has 2 aliphatic rings. The molecule has 0 aromatic carbocycles. The smallest absolute Gasteiger partial charge is 0.00701 e. The van der Waals surface area contributed by atoms with Gasteiger partial charge in [0.15, 0.2) is 0 Å². The van der Waals surface area contributed by atoms with Gasteiger partial charge in [-0.15, -0.1) is 0 Å². The molecular formula is C13H25N. The maximum absolute atomic E-state index is 3.60. The molecule has 0 bridgehead atoms. The summed E-state index contributed by atoms with van der Waals surface area (Å²) in [5.74, 6) is 3.07. The average Bonchev–Trinajstić information content (AvgIpc) is 2.65. The van der Waals surface area contributed by atoms with E-state index < -0.39 is 0 Å². The molecule has 1 nitrogen and oxygen atoms in total. The van der Waals surface area contributed by atoms with Crippen molar-refractivity contribution < 1.29 is 0 Å². The van der Waals surface area contributed by atoms with Crippen molar-refractivity contribution >= 4 is 0 Å². The molecule has 2 fully saturated rings. The van der Waals surface area contributed by atoms with Crippen molar-refractivity contribution in [3.63, 3.8) is 0 Å². The van der Waals surface area contributed by atoms with Gasteiger partial charge in [0.25, 0.3) is 0 Å². The number of hydrogen-bond acceptors (Lipinski definition) is 1. The van der Waals surface area contributed by atoms with Crippen LogP contribution >= 0.6 is 0 Å². The Kier molecular flexibility index (Phi) is 3.48. The van der Waals surface area contributed by atoms with Crippen LogP contribution in [-0.2, 0) is 0 Å². The van der Waals surface area contributed by atoms with Crippen molar-refractivity contribution in [3.05, 3.63) is 0 Å². The average molecular weight is 195 g/mol. The predicted molar refractivity (Wildman–Crippen MR) is 61.3 cm³/mol. The molecule has 0 amide bonds. The lowest BCUT2D eigenvalue weighted by Crippen LogP contribution is -2.30. The van der Waals surface area contributed by atoms with Crippen molar-refractivity contribution in [2.75, 3.05) is 6.54 Å². The molecule has 1 heteroatoms. The second-order valence-electron chi connectivity index (χ2n) is 5.40. The summed E-state index contributed by atoms with van der Waals surface area (Å²) in [5, 5.41) is 3.60. The topological polar surface area (TPSA) is 12.0 Å². The van der Waals surface area contributed by atoms with E-state index in [9.17, 15) is 0 Å². The summed E-state index contributed by atoms with van der Waals surface area (Å²) in [6.07, 6.45) is 8.86. The Morgan fingerprint density at radius 3 is 2.71 bits per heavy atom. The van der Waals surface area contributed by atoms with Crippen molar-refractivity contribution in [3.8, 4) is 0 Å². The first kappa shape index (κ1) is 10.5. The van der Waals surface area contributed by atoms with Gasteiger partial charge >= 0.3 is 0 Å². The first-order valence-corrected chi connectivity index (χ1v) is 6.54. The van der Waals surface area contributed by atoms with Crippen LogP contribution < -0.4 is 5.32 Å². The first-order chi connectivity index (χ1) is 6.81. The quantitative estimate of drug-likeness (QED) is 0.713. The van der Waals surface area contributed by atoms with Gasteiger partial charge in [0.2, 0.25) is 0 Å². The zero-order valence-corrected chi connectivity index (χ0v) is 9.76. The molecule has 2 rings (SSSR count). The minimum Gasteiger partial charge on any atom is -0.314 e. The third-order valence-corrected chi connectivity index (χ3v) is 4.59. The van der Waals surface area contributed by atoms with Gasteiger partial charge in [0, 0.05) is 6.04 Å². The van der Waals surface area contributed by atoms with E-state index in [0.29, 0.717) is 0 Å². The summed E-state index contributed by atoms with van der Waals surface area (Å²) in [4.78, 5) is 0. The van der Waals surface area contributed by atoms with Crippen LogP contribution in [-0.4, -0.2) is 12.6 Å². The van der Waals surface area contributed by atoms with Crippen molar-refractivity contribution in [2.24, 2.45) is 17.8 Å². The molecule has 1 saturated heterocycles. The molecule has 1 heterocycles. The lowest BCUT2D eigenvalue weighted by molar-refractivity contribution is 0.183. The molecule has 0 aromatic rings. The zero-order chi connectivity index (χ0) is 9.97. The Bertz CT molecular complexity index is 178. The second-order valence-corrected chi connectivity index (χ2v) is 5.40. The highest BCUT2D eigenvalue weighted by Gasteiger charge is 2.33. The summed E-state index contributed by atoms with van der Waals surface area (Å²) >= 11 is 0. The van der Waals surface area contributed by atoms with Gasteiger partial charge in [0.1, 0.15) is 0 Å². The standard InChI is InChI=1S/C13H25N/c1-3-11-5-4-6-12(9-11)13-7-8-14-10(13)2/h10-14H,3-9H2,1-2H3. The second kappa shape index (κ2) is 4.65. The summed E-state index contributed by atoms with van der Waals surface area (Å²) < 4.78 is 0. The number of hydrogen-bond donors (Lipinski definition) is 1. The van der Waals surface area contributed by atoms with Gasteiger partial charge in [-0.05, 0) is 44.1 Å². The number of rotatable bonds is 2. The molecule has 14 heavy (non-hydrogen) atoms. The van der Waals surface area contributed by atoms with E-state index in [1.54, 1.807) is 0 Å². The van der Waals surface area contributed by atoms with Crippen LogP contribution in [0.3, 0.4) is 0 Å². The van der Waals surface area contributed by atoms with E-state index in [-0.39, 0.29) is 0 Å². The summed E-state index contributed by atoms with van der Waals surface area (Å²) in [6.45, 7) is 6.01. The maximum atomic E-state index is 3.60. The van der Waals surface area contributed by atoms with Gasteiger partial charge in [-0.25, -0.2) is 0 Å². The van der Waals surface area contributed by atoms with E-state index in [4.69, 9.17) is 0 Å². The largest absolute Gasteiger partial charge is 0.314 e. The van der Waals surface area contributed by atoms with Crippen LogP contribution in [0.5, 0.6) is 0 Å². The molecule has 1 aliphatic heterocycles. The Labute approximate surface area is 88.7 Å². The van der Waals surface area contributed by atoms with Gasteiger partial charge in [-0.2, -0.15) is 0 Å². The van der Waals surface area contributed by atoms with Gasteiger partial charge in [-0.1, -0.05) is 32.6 Å². The fourth-order valence-corrected chi connectivity index (χ4v) is 3.62. The molecule has 0 spiro atoms. The van der Waals surface area contributed by atoms with Gasteiger partial charge in [0.05, 0.1) is 0 Å². The van der Waals surface area contributed by atoms with Crippen molar-refractivity contribution in [1.82, 2.24) is 5.32 Å². The van der Waals surface area contributed by atoms with Crippen LogP contribution in [0, 0.1) is 17.8 Å². The molecule has 1 aliphatic carbocycles. The lowest BCUT2D eigenvalue weighted by atomic mass is 9.72. The Morgan fingerprint density at radius 2 is 2.07 bits per heavy atom. The van der Waals surface area contributed by atoms with E-state index in [0.717, 1.165) is 23.8 Å². The normalized spacial score (nSPS) is 44.1. The summed E-state index contributed by atoms with van der Waals surface area (Å²) in [6, 6.07) is 0.788. The van der Waals surface area contributed by atoms with E-state index in [2.05, 4.69) is 19.2 Å². The maximum Gasteiger partial charge on any atom is 0.00701 e. The number of nitrogens with one attached hydrogen (secondary N) is 1. The SMILES string of the molecule is CCC1CCCC(C2CCNC2C)C1. The fourth-order valence-electron chi connectivity index (χ4n) is 3.62. The molecule has 0 radical (unpaired) electrons. The Balaban J connectivity index is 1.90. The monoisotopic (exact) mass is 195 g/mol. The summed E-state index contributed by atoms with van der Waals surface area (Å²) in [7, 11) is 0. The minimum atomic E-state index is 0.788. The first-order valence-electron chi connectivity index (χ1n) is 6.54. The van der Waals surface area contributed by atoms with E-state index in [1.807, 2.05) is 0 Å². The van der Waals surface area contributed by atoms with E-state index in [1.165, 1.54) is 45.1 Å². The molecule has 4 atom stereocenters. The van der Waals surface area contributed by atoms with Crippen LogP contribution in [0.2, 0.25) is 0 Å². The van der Waals surface area contributed by atoms with Crippen LogP contribution in [0.1, 0.15) is 52.4 Å². The lowest BCUT2D eigenvalue weighted by Gasteiger charge is -2.34. The molecule has 82 valence electrons. The third kappa shape index (κ3) is 2.13. The van der Waals surface area contributed by atoms with Crippen LogP contribution in [0.15, 0.2) is 0 Å². The van der Waals surface area contributed by atoms with Gasteiger partial charge in [-0.3, -0.25) is 0 Å². The highest BCUT2D eigenvalue weighted by atomic mass is 14.9. The minimum absolute atomic E-state index is 0.788. The molecule has 1 N–H and O–H groups in total. The Hall–Kier alpha value is -0.0400. The van der Waals surface area contributed by atoms with E-state index >= 15 is 0 Å². The van der Waals surface area contributed by atoms with Crippen LogP contribution in [0.25, 0.3) is 0 Å². The summed E-state index contributed by atoms with van der Waals surface area (Å²) in [5.41, 5.74) is 0. The fraction of sp³-hybridized carbons (Fsp3) is 1.00.